The van der Waals surface area contributed by atoms with E-state index in [1.807, 2.05) is 30.3 Å². The number of benzene rings is 2. The molecule has 0 aliphatic carbocycles. The fourth-order valence-corrected chi connectivity index (χ4v) is 1.76. The highest BCUT2D eigenvalue weighted by Gasteiger charge is 2.13. The van der Waals surface area contributed by atoms with Crippen molar-refractivity contribution in [3.8, 4) is 11.5 Å². The largest absolute Gasteiger partial charge is 0.488 e. The third-order valence-electron chi connectivity index (χ3n) is 2.68. The fourth-order valence-electron chi connectivity index (χ4n) is 1.76. The first-order valence-corrected chi connectivity index (χ1v) is 6.29. The average molecular weight is 286 g/mol. The summed E-state index contributed by atoms with van der Waals surface area (Å²) in [4.78, 5) is 22.1. The van der Waals surface area contributed by atoms with Crippen LogP contribution < -0.4 is 9.47 Å². The number of carboxylic acid groups (broad SMARTS) is 1. The van der Waals surface area contributed by atoms with Crippen molar-refractivity contribution < 1.29 is 24.2 Å². The van der Waals surface area contributed by atoms with E-state index in [4.69, 9.17) is 14.6 Å². The second-order valence-electron chi connectivity index (χ2n) is 4.33. The predicted molar refractivity (Wildman–Crippen MR) is 75.5 cm³/mol. The van der Waals surface area contributed by atoms with Gasteiger partial charge in [0.25, 0.3) is 0 Å². The SMILES string of the molecule is CC(=O)Oc1ccc(C(=O)O)c(OCc2ccccc2)c1. The number of carboxylic acids is 1. The third kappa shape index (κ3) is 4.07. The second kappa shape index (κ2) is 6.56. The van der Waals surface area contributed by atoms with Gasteiger partial charge < -0.3 is 14.6 Å². The standard InChI is InChI=1S/C16H14O5/c1-11(17)21-13-7-8-14(16(18)19)15(9-13)20-10-12-5-3-2-4-6-12/h2-9H,10H2,1H3,(H,18,19). The summed E-state index contributed by atoms with van der Waals surface area (Å²) in [6, 6.07) is 13.5. The summed E-state index contributed by atoms with van der Waals surface area (Å²) in [5.41, 5.74) is 0.925. The minimum Gasteiger partial charge on any atom is -0.488 e. The first-order valence-electron chi connectivity index (χ1n) is 6.29. The van der Waals surface area contributed by atoms with Crippen molar-refractivity contribution in [2.45, 2.75) is 13.5 Å². The molecule has 1 N–H and O–H groups in total. The maximum Gasteiger partial charge on any atom is 0.339 e. The quantitative estimate of drug-likeness (QED) is 0.676. The molecule has 0 heterocycles. The minimum absolute atomic E-state index is 0.0156. The molecule has 2 rings (SSSR count). The monoisotopic (exact) mass is 286 g/mol. The van der Waals surface area contributed by atoms with Gasteiger partial charge in [0.15, 0.2) is 0 Å². The Hall–Kier alpha value is -2.82. The summed E-state index contributed by atoms with van der Waals surface area (Å²) in [6.45, 7) is 1.50. The normalized spacial score (nSPS) is 9.95. The van der Waals surface area contributed by atoms with E-state index < -0.39 is 11.9 Å². The molecule has 0 saturated heterocycles. The van der Waals surface area contributed by atoms with Gasteiger partial charge in [-0.15, -0.1) is 0 Å². The van der Waals surface area contributed by atoms with E-state index in [-0.39, 0.29) is 23.7 Å². The third-order valence-corrected chi connectivity index (χ3v) is 2.68. The Morgan fingerprint density at radius 1 is 1.10 bits per heavy atom. The first kappa shape index (κ1) is 14.6. The van der Waals surface area contributed by atoms with Crippen molar-refractivity contribution in [1.29, 1.82) is 0 Å². The van der Waals surface area contributed by atoms with E-state index >= 15 is 0 Å². The molecule has 0 aromatic heterocycles. The van der Waals surface area contributed by atoms with Crippen LogP contribution in [0.4, 0.5) is 0 Å². The van der Waals surface area contributed by atoms with Gasteiger partial charge in [-0.05, 0) is 17.7 Å². The molecule has 0 spiro atoms. The molecule has 5 heteroatoms. The molecule has 2 aromatic rings. The number of rotatable bonds is 5. The molecule has 0 unspecified atom stereocenters. The number of hydrogen-bond acceptors (Lipinski definition) is 4. The topological polar surface area (TPSA) is 72.8 Å². The highest BCUT2D eigenvalue weighted by molar-refractivity contribution is 5.91. The van der Waals surface area contributed by atoms with Crippen LogP contribution in [0.25, 0.3) is 0 Å². The molecule has 0 bridgehead atoms. The number of carbonyl (C=O) groups excluding carboxylic acids is 1. The Kier molecular flexibility index (Phi) is 4.56. The van der Waals surface area contributed by atoms with Gasteiger partial charge in [0, 0.05) is 13.0 Å². The van der Waals surface area contributed by atoms with Crippen LogP contribution in [0.3, 0.4) is 0 Å². The predicted octanol–water partition coefficient (Wildman–Crippen LogP) is 2.89. The van der Waals surface area contributed by atoms with E-state index in [0.29, 0.717) is 0 Å². The van der Waals surface area contributed by atoms with Gasteiger partial charge in [-0.1, -0.05) is 30.3 Å². The zero-order chi connectivity index (χ0) is 15.2. The van der Waals surface area contributed by atoms with Gasteiger partial charge in [-0.25, -0.2) is 4.79 Å². The summed E-state index contributed by atoms with van der Waals surface area (Å²) in [7, 11) is 0. The van der Waals surface area contributed by atoms with Crippen molar-refractivity contribution in [1.82, 2.24) is 0 Å². The van der Waals surface area contributed by atoms with Crippen LogP contribution >= 0.6 is 0 Å². The maximum absolute atomic E-state index is 11.2. The van der Waals surface area contributed by atoms with Crippen molar-refractivity contribution >= 4 is 11.9 Å². The van der Waals surface area contributed by atoms with Crippen LogP contribution in [0, 0.1) is 0 Å². The van der Waals surface area contributed by atoms with Crippen molar-refractivity contribution in [3.63, 3.8) is 0 Å². The maximum atomic E-state index is 11.2. The number of aromatic carboxylic acids is 1. The van der Waals surface area contributed by atoms with E-state index in [9.17, 15) is 9.59 Å². The summed E-state index contributed by atoms with van der Waals surface area (Å²) >= 11 is 0. The van der Waals surface area contributed by atoms with E-state index in [1.54, 1.807) is 0 Å². The summed E-state index contributed by atoms with van der Waals surface area (Å²) in [6.07, 6.45) is 0. The molecule has 5 nitrogen and oxygen atoms in total. The Balaban J connectivity index is 2.22. The number of carbonyl (C=O) groups is 2. The molecule has 21 heavy (non-hydrogen) atoms. The smallest absolute Gasteiger partial charge is 0.339 e. The van der Waals surface area contributed by atoms with Crippen LogP contribution in [0.2, 0.25) is 0 Å². The highest BCUT2D eigenvalue weighted by Crippen LogP contribution is 2.26. The lowest BCUT2D eigenvalue weighted by Gasteiger charge is -2.11. The van der Waals surface area contributed by atoms with Crippen LogP contribution in [0.15, 0.2) is 48.5 Å². The molecule has 0 atom stereocenters. The van der Waals surface area contributed by atoms with Crippen molar-refractivity contribution in [3.05, 3.63) is 59.7 Å². The van der Waals surface area contributed by atoms with Crippen molar-refractivity contribution in [2.75, 3.05) is 0 Å². The summed E-state index contributed by atoms with van der Waals surface area (Å²) in [5.74, 6) is -1.18. The van der Waals surface area contributed by atoms with Gasteiger partial charge in [0.2, 0.25) is 0 Å². The molecule has 0 aliphatic rings. The highest BCUT2D eigenvalue weighted by atomic mass is 16.5. The minimum atomic E-state index is -1.10. The lowest BCUT2D eigenvalue weighted by molar-refractivity contribution is -0.131. The molecule has 0 saturated carbocycles. The average Bonchev–Trinajstić information content (AvgIpc) is 2.45. The molecular weight excluding hydrogens is 272 g/mol. The summed E-state index contributed by atoms with van der Waals surface area (Å²) < 4.78 is 10.5. The lowest BCUT2D eigenvalue weighted by atomic mass is 10.2. The van der Waals surface area contributed by atoms with Gasteiger partial charge in [0.05, 0.1) is 0 Å². The van der Waals surface area contributed by atoms with E-state index in [0.717, 1.165) is 5.56 Å². The molecule has 2 aromatic carbocycles. The number of ether oxygens (including phenoxy) is 2. The first-order chi connectivity index (χ1) is 10.1. The Labute approximate surface area is 121 Å². The van der Waals surface area contributed by atoms with Crippen LogP contribution in [-0.4, -0.2) is 17.0 Å². The molecule has 0 amide bonds. The second-order valence-corrected chi connectivity index (χ2v) is 4.33. The molecular formula is C16H14O5. The molecule has 0 radical (unpaired) electrons. The van der Waals surface area contributed by atoms with Gasteiger partial charge in [0.1, 0.15) is 23.7 Å². The van der Waals surface area contributed by atoms with Gasteiger partial charge in [-0.3, -0.25) is 4.79 Å². The molecule has 108 valence electrons. The van der Waals surface area contributed by atoms with Gasteiger partial charge >= 0.3 is 11.9 Å². The van der Waals surface area contributed by atoms with Crippen molar-refractivity contribution in [2.24, 2.45) is 0 Å². The molecule has 0 fully saturated rings. The Morgan fingerprint density at radius 2 is 1.81 bits per heavy atom. The fraction of sp³-hybridized carbons (Fsp3) is 0.125. The lowest BCUT2D eigenvalue weighted by Crippen LogP contribution is -2.06. The Morgan fingerprint density at radius 3 is 2.43 bits per heavy atom. The zero-order valence-electron chi connectivity index (χ0n) is 11.4. The van der Waals surface area contributed by atoms with Gasteiger partial charge in [-0.2, -0.15) is 0 Å². The van der Waals surface area contributed by atoms with E-state index in [1.165, 1.54) is 25.1 Å². The van der Waals surface area contributed by atoms with Crippen LogP contribution in [0.5, 0.6) is 11.5 Å². The van der Waals surface area contributed by atoms with Crippen LogP contribution in [-0.2, 0) is 11.4 Å². The molecule has 0 aliphatic heterocycles. The summed E-state index contributed by atoms with van der Waals surface area (Å²) in [5, 5.41) is 9.15. The van der Waals surface area contributed by atoms with E-state index in [2.05, 4.69) is 0 Å². The Bertz CT molecular complexity index is 649. The zero-order valence-corrected chi connectivity index (χ0v) is 11.4. The number of hydrogen-bond donors (Lipinski definition) is 1. The van der Waals surface area contributed by atoms with Crippen LogP contribution in [0.1, 0.15) is 22.8 Å². The number of esters is 1.